The molecule has 0 aliphatic heterocycles. The van der Waals surface area contributed by atoms with Crippen LogP contribution in [0.4, 0.5) is 9.59 Å². The van der Waals surface area contributed by atoms with Crippen LogP contribution in [0.2, 0.25) is 0 Å². The van der Waals surface area contributed by atoms with E-state index in [1.54, 1.807) is 0 Å². The predicted molar refractivity (Wildman–Crippen MR) is 75.4 cm³/mol. The van der Waals surface area contributed by atoms with Gasteiger partial charge in [0.2, 0.25) is 0 Å². The highest BCUT2D eigenvalue weighted by Gasteiger charge is 2.39. The molecule has 6 heteroatoms. The topological polar surface area (TPSA) is 76.7 Å². The molecule has 3 unspecified atom stereocenters. The molecule has 2 aliphatic carbocycles. The molecule has 0 aromatic carbocycles. The van der Waals surface area contributed by atoms with E-state index in [-0.39, 0.29) is 12.2 Å². The summed E-state index contributed by atoms with van der Waals surface area (Å²) in [5.41, 5.74) is 0. The number of rotatable bonds is 3. The van der Waals surface area contributed by atoms with Crippen LogP contribution in [0.3, 0.4) is 0 Å². The van der Waals surface area contributed by atoms with Crippen LogP contribution in [0, 0.1) is 17.8 Å². The van der Waals surface area contributed by atoms with Gasteiger partial charge in [0, 0.05) is 13.1 Å². The standard InChI is InChI=1S/C10H17NO2.C4H9NO2/c1-13-10(12)11-6-9-5-7-2-3-8(9)4-7;1-3-5-4(6)7-2/h7-9H,2-6H2,1H3,(H,11,12);3H2,1-2H3,(H,5,6). The number of alkyl carbamates (subject to hydrolysis) is 2. The number of ether oxygens (including phenoxy) is 2. The van der Waals surface area contributed by atoms with Crippen molar-refractivity contribution in [2.24, 2.45) is 17.8 Å². The molecule has 0 spiro atoms. The maximum Gasteiger partial charge on any atom is 0.406 e. The Morgan fingerprint density at radius 2 is 1.70 bits per heavy atom. The molecule has 2 aliphatic rings. The molecule has 0 radical (unpaired) electrons. The van der Waals surface area contributed by atoms with Crippen LogP contribution in [0.25, 0.3) is 0 Å². The van der Waals surface area contributed by atoms with Crippen LogP contribution < -0.4 is 10.6 Å². The molecule has 20 heavy (non-hydrogen) atoms. The monoisotopic (exact) mass is 286 g/mol. The normalized spacial score (nSPS) is 26.2. The van der Waals surface area contributed by atoms with Crippen molar-refractivity contribution in [1.82, 2.24) is 10.6 Å². The molecule has 2 amide bonds. The largest absolute Gasteiger partial charge is 0.453 e. The number of nitrogens with one attached hydrogen (secondary N) is 2. The van der Waals surface area contributed by atoms with E-state index in [0.29, 0.717) is 6.54 Å². The Kier molecular flexibility index (Phi) is 7.18. The molecule has 0 aromatic heterocycles. The van der Waals surface area contributed by atoms with E-state index < -0.39 is 0 Å². The summed E-state index contributed by atoms with van der Waals surface area (Å²) in [7, 11) is 2.75. The molecule has 116 valence electrons. The fraction of sp³-hybridized carbons (Fsp3) is 0.857. The molecule has 0 saturated heterocycles. The van der Waals surface area contributed by atoms with Gasteiger partial charge in [-0.15, -0.1) is 0 Å². The van der Waals surface area contributed by atoms with Crippen molar-refractivity contribution in [2.75, 3.05) is 27.3 Å². The number of fused-ring (bicyclic) bond motifs is 2. The van der Waals surface area contributed by atoms with E-state index in [4.69, 9.17) is 0 Å². The molecule has 3 atom stereocenters. The highest BCUT2D eigenvalue weighted by Crippen LogP contribution is 2.47. The van der Waals surface area contributed by atoms with E-state index in [1.165, 1.54) is 39.9 Å². The van der Waals surface area contributed by atoms with Gasteiger partial charge in [0.1, 0.15) is 0 Å². The van der Waals surface area contributed by atoms with Gasteiger partial charge in [-0.1, -0.05) is 6.42 Å². The third kappa shape index (κ3) is 5.27. The van der Waals surface area contributed by atoms with Crippen LogP contribution in [-0.4, -0.2) is 39.5 Å². The Morgan fingerprint density at radius 1 is 1.05 bits per heavy atom. The van der Waals surface area contributed by atoms with Gasteiger partial charge in [0.05, 0.1) is 14.2 Å². The van der Waals surface area contributed by atoms with Gasteiger partial charge >= 0.3 is 12.2 Å². The molecule has 2 bridgehead atoms. The van der Waals surface area contributed by atoms with Crippen molar-refractivity contribution in [1.29, 1.82) is 0 Å². The average molecular weight is 286 g/mol. The third-order valence-corrected chi connectivity index (χ3v) is 4.09. The first-order chi connectivity index (χ1) is 9.60. The van der Waals surface area contributed by atoms with Crippen LogP contribution in [0.5, 0.6) is 0 Å². The highest BCUT2D eigenvalue weighted by molar-refractivity contribution is 5.67. The van der Waals surface area contributed by atoms with Crippen molar-refractivity contribution >= 4 is 12.2 Å². The van der Waals surface area contributed by atoms with Crippen LogP contribution in [0.1, 0.15) is 32.6 Å². The first-order valence-electron chi connectivity index (χ1n) is 7.24. The highest BCUT2D eigenvalue weighted by atomic mass is 16.5. The van der Waals surface area contributed by atoms with Crippen molar-refractivity contribution in [2.45, 2.75) is 32.6 Å². The SMILES string of the molecule is CCNC(=O)OC.COC(=O)NCC1CC2CCC1C2. The molecule has 2 fully saturated rings. The summed E-state index contributed by atoms with van der Waals surface area (Å²) in [5.74, 6) is 2.55. The van der Waals surface area contributed by atoms with E-state index in [0.717, 1.165) is 24.3 Å². The van der Waals surface area contributed by atoms with Crippen LogP contribution in [0.15, 0.2) is 0 Å². The number of hydrogen-bond acceptors (Lipinski definition) is 4. The first-order valence-corrected chi connectivity index (χ1v) is 7.24. The number of carbonyl (C=O) groups is 2. The fourth-order valence-corrected chi connectivity index (χ4v) is 3.13. The van der Waals surface area contributed by atoms with Gasteiger partial charge in [0.25, 0.3) is 0 Å². The third-order valence-electron chi connectivity index (χ3n) is 4.09. The second-order valence-corrected chi connectivity index (χ2v) is 5.33. The smallest absolute Gasteiger partial charge is 0.406 e. The van der Waals surface area contributed by atoms with E-state index in [9.17, 15) is 9.59 Å². The zero-order chi connectivity index (χ0) is 15.0. The molecule has 6 nitrogen and oxygen atoms in total. The molecule has 0 heterocycles. The van der Waals surface area contributed by atoms with Crippen LogP contribution in [-0.2, 0) is 9.47 Å². The Labute approximate surface area is 120 Å². The summed E-state index contributed by atoms with van der Waals surface area (Å²) in [4.78, 5) is 20.9. The Balaban J connectivity index is 0.000000246. The second kappa shape index (κ2) is 8.66. The van der Waals surface area contributed by atoms with Crippen molar-refractivity contribution in [3.05, 3.63) is 0 Å². The molecule has 2 N–H and O–H groups in total. The van der Waals surface area contributed by atoms with E-state index in [2.05, 4.69) is 20.1 Å². The number of methoxy groups -OCH3 is 2. The van der Waals surface area contributed by atoms with Gasteiger partial charge in [0.15, 0.2) is 0 Å². The quantitative estimate of drug-likeness (QED) is 0.833. The first kappa shape index (κ1) is 16.6. The number of carbonyl (C=O) groups excluding carboxylic acids is 2. The van der Waals surface area contributed by atoms with E-state index in [1.807, 2.05) is 6.92 Å². The summed E-state index contributed by atoms with van der Waals surface area (Å²) in [5, 5.41) is 5.23. The second-order valence-electron chi connectivity index (χ2n) is 5.33. The van der Waals surface area contributed by atoms with Gasteiger partial charge in [-0.25, -0.2) is 9.59 Å². The summed E-state index contributed by atoms with van der Waals surface area (Å²) in [6, 6.07) is 0. The molecule has 2 rings (SSSR count). The molecule has 0 aromatic rings. The summed E-state index contributed by atoms with van der Waals surface area (Å²) in [6.45, 7) is 3.26. The lowest BCUT2D eigenvalue weighted by atomic mass is 9.89. The minimum Gasteiger partial charge on any atom is -0.453 e. The molecular formula is C14H26N2O4. The minimum absolute atomic E-state index is 0.289. The van der Waals surface area contributed by atoms with Gasteiger partial charge in [-0.3, -0.25) is 0 Å². The summed E-state index contributed by atoms with van der Waals surface area (Å²) < 4.78 is 8.78. The van der Waals surface area contributed by atoms with E-state index >= 15 is 0 Å². The Hall–Kier alpha value is -1.46. The Morgan fingerprint density at radius 3 is 2.10 bits per heavy atom. The zero-order valence-corrected chi connectivity index (χ0v) is 12.6. The lowest BCUT2D eigenvalue weighted by Gasteiger charge is -2.21. The molecular weight excluding hydrogens is 260 g/mol. The predicted octanol–water partition coefficient (Wildman–Crippen LogP) is 2.14. The van der Waals surface area contributed by atoms with Gasteiger partial charge in [-0.2, -0.15) is 0 Å². The van der Waals surface area contributed by atoms with Crippen molar-refractivity contribution < 1.29 is 19.1 Å². The van der Waals surface area contributed by atoms with Crippen LogP contribution >= 0.6 is 0 Å². The summed E-state index contributed by atoms with van der Waals surface area (Å²) >= 11 is 0. The van der Waals surface area contributed by atoms with Gasteiger partial charge in [-0.05, 0) is 43.9 Å². The van der Waals surface area contributed by atoms with Gasteiger partial charge < -0.3 is 20.1 Å². The summed E-state index contributed by atoms with van der Waals surface area (Å²) in [6.07, 6.45) is 4.84. The lowest BCUT2D eigenvalue weighted by molar-refractivity contribution is 0.166. The van der Waals surface area contributed by atoms with Crippen molar-refractivity contribution in [3.8, 4) is 0 Å². The average Bonchev–Trinajstić information content (AvgIpc) is 3.08. The minimum atomic E-state index is -0.373. The zero-order valence-electron chi connectivity index (χ0n) is 12.6. The fourth-order valence-electron chi connectivity index (χ4n) is 3.13. The Bertz CT molecular complexity index is 322. The maximum absolute atomic E-state index is 10.8. The number of amides is 2. The maximum atomic E-state index is 10.8. The molecule has 2 saturated carbocycles. The lowest BCUT2D eigenvalue weighted by Crippen LogP contribution is -2.31. The number of hydrogen-bond donors (Lipinski definition) is 2. The van der Waals surface area contributed by atoms with Crippen molar-refractivity contribution in [3.63, 3.8) is 0 Å².